The first-order chi connectivity index (χ1) is 15.6. The summed E-state index contributed by atoms with van der Waals surface area (Å²) in [5, 5.41) is 7.67. The minimum atomic E-state index is 0.496. The lowest BCUT2D eigenvalue weighted by Gasteiger charge is -2.33. The average Bonchev–Trinajstić information content (AvgIpc) is 3.08. The zero-order chi connectivity index (χ0) is 22.3. The number of halogens is 1. The number of rotatable bonds is 5. The Morgan fingerprint density at radius 2 is 1.72 bits per heavy atom. The lowest BCUT2D eigenvalue weighted by atomic mass is 10.0. The molecular formula is C24H33ClN6S. The number of nitrogens with zero attached hydrogens (tertiary/aromatic N) is 4. The van der Waals surface area contributed by atoms with Gasteiger partial charge in [-0.25, -0.2) is 0 Å². The summed E-state index contributed by atoms with van der Waals surface area (Å²) in [7, 11) is 0. The van der Waals surface area contributed by atoms with Crippen LogP contribution in [-0.2, 0) is 6.54 Å². The van der Waals surface area contributed by atoms with E-state index in [9.17, 15) is 0 Å². The molecule has 2 aliphatic rings. The topological polar surface area (TPSA) is 56.3 Å². The molecule has 8 heteroatoms. The zero-order valence-corrected chi connectivity index (χ0v) is 20.4. The Morgan fingerprint density at radius 3 is 2.44 bits per heavy atom. The summed E-state index contributed by atoms with van der Waals surface area (Å²) in [6.45, 7) is 7.02. The molecule has 1 atom stereocenters. The summed E-state index contributed by atoms with van der Waals surface area (Å²) >= 11 is 11.8. The van der Waals surface area contributed by atoms with E-state index in [2.05, 4.69) is 33.4 Å². The van der Waals surface area contributed by atoms with Crippen LogP contribution in [0, 0.1) is 5.92 Å². The second-order valence-corrected chi connectivity index (χ2v) is 9.72. The Kier molecular flexibility index (Phi) is 8.03. The van der Waals surface area contributed by atoms with E-state index in [0.717, 1.165) is 48.4 Å². The van der Waals surface area contributed by atoms with Crippen LogP contribution in [0.3, 0.4) is 0 Å². The Bertz CT molecular complexity index is 895. The van der Waals surface area contributed by atoms with Gasteiger partial charge in [0.1, 0.15) is 11.6 Å². The van der Waals surface area contributed by atoms with E-state index in [1.807, 2.05) is 24.3 Å². The Labute approximate surface area is 201 Å². The van der Waals surface area contributed by atoms with Crippen molar-refractivity contribution >= 4 is 46.5 Å². The molecule has 2 aromatic rings. The maximum atomic E-state index is 6.27. The zero-order valence-electron chi connectivity index (χ0n) is 18.8. The third-order valence-corrected chi connectivity index (χ3v) is 6.85. The van der Waals surface area contributed by atoms with Crippen molar-refractivity contribution in [3.05, 3.63) is 40.9 Å². The van der Waals surface area contributed by atoms with Gasteiger partial charge in [-0.2, -0.15) is 9.97 Å². The number of piperidine rings is 1. The maximum Gasteiger partial charge on any atom is 0.232 e. The average molecular weight is 473 g/mol. The normalized spacial score (nSPS) is 19.4. The van der Waals surface area contributed by atoms with Crippen molar-refractivity contribution < 1.29 is 0 Å². The molecule has 0 radical (unpaired) electrons. The molecule has 0 bridgehead atoms. The summed E-state index contributed by atoms with van der Waals surface area (Å²) in [6, 6.07) is 9.93. The van der Waals surface area contributed by atoms with Crippen molar-refractivity contribution in [3.63, 3.8) is 0 Å². The highest BCUT2D eigenvalue weighted by atomic mass is 35.5. The van der Waals surface area contributed by atoms with Crippen molar-refractivity contribution in [3.8, 4) is 0 Å². The Morgan fingerprint density at radius 1 is 1.03 bits per heavy atom. The molecule has 0 spiro atoms. The van der Waals surface area contributed by atoms with Gasteiger partial charge in [-0.3, -0.25) is 0 Å². The third-order valence-electron chi connectivity index (χ3n) is 6.23. The number of hydrogen-bond acceptors (Lipinski definition) is 5. The molecular weight excluding hydrogens is 440 g/mol. The van der Waals surface area contributed by atoms with E-state index in [4.69, 9.17) is 33.8 Å². The van der Waals surface area contributed by atoms with Crippen molar-refractivity contribution in [1.82, 2.24) is 15.3 Å². The molecule has 3 heterocycles. The van der Waals surface area contributed by atoms with Gasteiger partial charge in [-0.15, -0.1) is 0 Å². The van der Waals surface area contributed by atoms with Crippen molar-refractivity contribution in [1.29, 1.82) is 0 Å². The molecule has 0 amide bonds. The van der Waals surface area contributed by atoms with E-state index in [-0.39, 0.29) is 0 Å². The SMILES string of the molecule is C[C@@H]1CCCN(c2cc(N3CCCCCC3)nc(NC(=S)NCc3ccccc3Cl)n2)C1. The Hall–Kier alpha value is -2.12. The molecule has 6 nitrogen and oxygen atoms in total. The highest BCUT2D eigenvalue weighted by Gasteiger charge is 2.21. The van der Waals surface area contributed by atoms with Gasteiger partial charge in [0.25, 0.3) is 0 Å². The highest BCUT2D eigenvalue weighted by molar-refractivity contribution is 7.80. The van der Waals surface area contributed by atoms with Crippen LogP contribution in [0.2, 0.25) is 5.02 Å². The molecule has 1 aromatic heterocycles. The Balaban J connectivity index is 1.51. The van der Waals surface area contributed by atoms with Crippen LogP contribution in [0.4, 0.5) is 17.6 Å². The van der Waals surface area contributed by atoms with Crippen molar-refractivity contribution in [2.24, 2.45) is 5.92 Å². The summed E-state index contributed by atoms with van der Waals surface area (Å²) in [4.78, 5) is 14.5. The van der Waals surface area contributed by atoms with Crippen molar-refractivity contribution in [2.75, 3.05) is 41.3 Å². The maximum absolute atomic E-state index is 6.27. The minimum Gasteiger partial charge on any atom is -0.358 e. The molecule has 172 valence electrons. The summed E-state index contributed by atoms with van der Waals surface area (Å²) in [5.41, 5.74) is 1.00. The number of anilines is 3. The van der Waals surface area contributed by atoms with Gasteiger partial charge in [-0.05, 0) is 55.4 Å². The molecule has 0 aliphatic carbocycles. The molecule has 2 saturated heterocycles. The van der Waals surface area contributed by atoms with Crippen LogP contribution in [0.5, 0.6) is 0 Å². The standard InChI is InChI=1S/C24H33ClN6S/c1-18-9-8-14-31(17-18)22-15-21(30-12-6-2-3-7-13-30)27-23(28-22)29-24(32)26-16-19-10-4-5-11-20(19)25/h4-5,10-11,15,18H,2-3,6-9,12-14,16-17H2,1H3,(H2,26,27,28,29,32)/t18-/m1/s1. The largest absolute Gasteiger partial charge is 0.358 e. The monoisotopic (exact) mass is 472 g/mol. The first-order valence-electron chi connectivity index (χ1n) is 11.8. The molecule has 2 N–H and O–H groups in total. The van der Waals surface area contributed by atoms with Gasteiger partial charge in [-0.1, -0.05) is 49.6 Å². The lowest BCUT2D eigenvalue weighted by molar-refractivity contribution is 0.444. The van der Waals surface area contributed by atoms with Crippen molar-refractivity contribution in [2.45, 2.75) is 52.0 Å². The fourth-order valence-electron chi connectivity index (χ4n) is 4.46. The predicted molar refractivity (Wildman–Crippen MR) is 138 cm³/mol. The first-order valence-corrected chi connectivity index (χ1v) is 12.5. The van der Waals surface area contributed by atoms with Gasteiger partial charge in [0.15, 0.2) is 5.11 Å². The summed E-state index contributed by atoms with van der Waals surface area (Å²) < 4.78 is 0. The second kappa shape index (κ2) is 11.1. The molecule has 2 fully saturated rings. The number of thiocarbonyl (C=S) groups is 1. The van der Waals surface area contributed by atoms with E-state index >= 15 is 0 Å². The van der Waals surface area contributed by atoms with Crippen LogP contribution in [0.15, 0.2) is 30.3 Å². The highest BCUT2D eigenvalue weighted by Crippen LogP contribution is 2.27. The van der Waals surface area contributed by atoms with Gasteiger partial charge in [0.05, 0.1) is 0 Å². The van der Waals surface area contributed by atoms with E-state index in [1.54, 1.807) is 0 Å². The van der Waals surface area contributed by atoms with E-state index in [1.165, 1.54) is 38.5 Å². The predicted octanol–water partition coefficient (Wildman–Crippen LogP) is 5.23. The number of benzene rings is 1. The quantitative estimate of drug-likeness (QED) is 0.577. The van der Waals surface area contributed by atoms with Crippen LogP contribution in [-0.4, -0.2) is 41.3 Å². The van der Waals surface area contributed by atoms with Gasteiger partial charge in [0, 0.05) is 43.8 Å². The first kappa shape index (κ1) is 23.1. The van der Waals surface area contributed by atoms with Crippen LogP contribution < -0.4 is 20.4 Å². The third kappa shape index (κ3) is 6.23. The summed E-state index contributed by atoms with van der Waals surface area (Å²) in [6.07, 6.45) is 7.48. The van der Waals surface area contributed by atoms with Gasteiger partial charge in [0.2, 0.25) is 5.95 Å². The minimum absolute atomic E-state index is 0.496. The van der Waals surface area contributed by atoms with Crippen LogP contribution >= 0.6 is 23.8 Å². The molecule has 0 unspecified atom stereocenters. The molecule has 0 saturated carbocycles. The van der Waals surface area contributed by atoms with E-state index in [0.29, 0.717) is 23.5 Å². The summed E-state index contributed by atoms with van der Waals surface area (Å²) in [5.74, 6) is 3.21. The number of hydrogen-bond donors (Lipinski definition) is 2. The fraction of sp³-hybridized carbons (Fsp3) is 0.542. The van der Waals surface area contributed by atoms with Crippen LogP contribution in [0.25, 0.3) is 0 Å². The smallest absolute Gasteiger partial charge is 0.232 e. The number of nitrogens with one attached hydrogen (secondary N) is 2. The molecule has 4 rings (SSSR count). The molecule has 2 aliphatic heterocycles. The van der Waals surface area contributed by atoms with Gasteiger partial charge < -0.3 is 20.4 Å². The molecule has 32 heavy (non-hydrogen) atoms. The second-order valence-electron chi connectivity index (χ2n) is 8.90. The molecule has 1 aromatic carbocycles. The van der Waals surface area contributed by atoms with Crippen LogP contribution in [0.1, 0.15) is 51.0 Å². The van der Waals surface area contributed by atoms with Gasteiger partial charge >= 0.3 is 0 Å². The number of aromatic nitrogens is 2. The fourth-order valence-corrected chi connectivity index (χ4v) is 4.83. The lowest BCUT2D eigenvalue weighted by Crippen LogP contribution is -2.36. The van der Waals surface area contributed by atoms with E-state index < -0.39 is 0 Å².